The maximum atomic E-state index is 14.3. The maximum absolute atomic E-state index is 14.3. The molecular weight excluding hydrogens is 573 g/mol. The van der Waals surface area contributed by atoms with Crippen molar-refractivity contribution in [2.24, 2.45) is 11.7 Å². The molecule has 11 heteroatoms. The van der Waals surface area contributed by atoms with E-state index in [-0.39, 0.29) is 12.5 Å². The van der Waals surface area contributed by atoms with Gasteiger partial charge in [-0.25, -0.2) is 0 Å². The van der Waals surface area contributed by atoms with Crippen LogP contribution in [0.3, 0.4) is 0 Å². The number of carbonyl (C=O) groups excluding carboxylic acids is 2. The van der Waals surface area contributed by atoms with Crippen molar-refractivity contribution in [3.05, 3.63) is 115 Å². The van der Waals surface area contributed by atoms with Gasteiger partial charge in [0.15, 0.2) is 0 Å². The number of hydroxylamine groups is 2. The van der Waals surface area contributed by atoms with Crippen LogP contribution in [0.2, 0.25) is 0 Å². The number of urea groups is 1. The summed E-state index contributed by atoms with van der Waals surface area (Å²) < 4.78 is 40.7. The van der Waals surface area contributed by atoms with Crippen LogP contribution in [0.4, 0.5) is 4.79 Å². The SMILES string of the molecule is C/C=C/P(OS(=O)(=O)ON1C(=O)N2C[C@H]1C(C1CC1)=C[C@H]2C(N)=O)(c1ccccc1)(c1ccccc1)c1ccccc1. The number of benzene rings is 3. The molecule has 2 bridgehead atoms. The van der Waals surface area contributed by atoms with Gasteiger partial charge in [-0.3, -0.25) is 0 Å². The monoisotopic (exact) mass is 605 g/mol. The zero-order valence-electron chi connectivity index (χ0n) is 23.0. The summed E-state index contributed by atoms with van der Waals surface area (Å²) in [6.07, 6.45) is 5.23. The van der Waals surface area contributed by atoms with Crippen molar-refractivity contribution in [1.29, 1.82) is 0 Å². The third-order valence-corrected chi connectivity index (χ3v) is 15.3. The summed E-state index contributed by atoms with van der Waals surface area (Å²) in [4.78, 5) is 27.0. The van der Waals surface area contributed by atoms with E-state index in [1.165, 1.54) is 4.90 Å². The first-order valence-corrected chi connectivity index (χ1v) is 17.3. The second-order valence-corrected chi connectivity index (χ2v) is 16.3. The first kappa shape index (κ1) is 28.3. The van der Waals surface area contributed by atoms with E-state index in [1.54, 1.807) is 12.2 Å². The third-order valence-electron chi connectivity index (χ3n) is 8.16. The fourth-order valence-corrected chi connectivity index (χ4v) is 13.7. The average Bonchev–Trinajstić information content (AvgIpc) is 3.82. The van der Waals surface area contributed by atoms with Crippen LogP contribution in [0.15, 0.2) is 115 Å². The van der Waals surface area contributed by atoms with Crippen LogP contribution in [0, 0.1) is 5.92 Å². The number of hydrogen-bond acceptors (Lipinski definition) is 6. The van der Waals surface area contributed by atoms with Gasteiger partial charge in [-0.15, -0.1) is 0 Å². The molecule has 2 fully saturated rings. The second-order valence-electron chi connectivity index (χ2n) is 10.7. The summed E-state index contributed by atoms with van der Waals surface area (Å²) in [6.45, 7) is -2.55. The summed E-state index contributed by atoms with van der Waals surface area (Å²) >= 11 is 0. The van der Waals surface area contributed by atoms with E-state index in [4.69, 9.17) is 14.0 Å². The average molecular weight is 606 g/mol. The zero-order chi connectivity index (χ0) is 29.6. The molecule has 3 aromatic rings. The van der Waals surface area contributed by atoms with Crippen LogP contribution < -0.4 is 21.6 Å². The summed E-state index contributed by atoms with van der Waals surface area (Å²) in [5, 5.41) is 2.74. The molecule has 218 valence electrons. The Hall–Kier alpha value is -3.82. The molecule has 1 saturated heterocycles. The minimum atomic E-state index is -4.94. The summed E-state index contributed by atoms with van der Waals surface area (Å²) in [7, 11) is -4.94. The van der Waals surface area contributed by atoms with Crippen LogP contribution in [0.5, 0.6) is 0 Å². The fourth-order valence-electron chi connectivity index (χ4n) is 6.22. The predicted octanol–water partition coefficient (Wildman–Crippen LogP) is 3.47. The van der Waals surface area contributed by atoms with E-state index >= 15 is 0 Å². The molecule has 3 amide bonds. The molecule has 2 heterocycles. The van der Waals surface area contributed by atoms with Crippen molar-refractivity contribution in [2.75, 3.05) is 6.54 Å². The van der Waals surface area contributed by atoms with Gasteiger partial charge in [0.05, 0.1) is 0 Å². The molecule has 42 heavy (non-hydrogen) atoms. The summed E-state index contributed by atoms with van der Waals surface area (Å²) in [6, 6.07) is 25.2. The molecule has 3 aliphatic rings. The predicted molar refractivity (Wildman–Crippen MR) is 163 cm³/mol. The van der Waals surface area contributed by atoms with E-state index in [0.717, 1.165) is 23.5 Å². The van der Waals surface area contributed by atoms with E-state index in [0.29, 0.717) is 15.9 Å². The number of primary amides is 1. The van der Waals surface area contributed by atoms with Gasteiger partial charge in [0, 0.05) is 0 Å². The van der Waals surface area contributed by atoms with Gasteiger partial charge in [0.2, 0.25) is 0 Å². The normalized spacial score (nSPS) is 21.7. The Morgan fingerprint density at radius 3 is 1.83 bits per heavy atom. The number of amides is 3. The Kier molecular flexibility index (Phi) is 7.06. The number of rotatable bonds is 10. The Morgan fingerprint density at radius 2 is 1.40 bits per heavy atom. The molecule has 0 unspecified atom stereocenters. The van der Waals surface area contributed by atoms with Crippen molar-refractivity contribution < 1.29 is 26.3 Å². The summed E-state index contributed by atoms with van der Waals surface area (Å²) in [5.74, 6) is 1.27. The molecule has 9 nitrogen and oxygen atoms in total. The van der Waals surface area contributed by atoms with Crippen LogP contribution in [-0.2, 0) is 23.4 Å². The standard InChI is InChI=1S/C31H32N3O6PS/c1-2-20-41(24-12-6-3-7-13-24,25-14-8-4-9-15-25,26-16-10-5-11-17-26)40-42(37,38)39-34-29-22-33(31(34)36)28(30(32)35)21-27(29)23-18-19-23/h2-17,20-21,23,28-29H,18-19,22H2,1H3,(H2,32,35)/b20-2+/t28-,29-/m0/s1. The van der Waals surface area contributed by atoms with Crippen LogP contribution >= 0.6 is 6.83 Å². The van der Waals surface area contributed by atoms with Crippen molar-refractivity contribution >= 4 is 45.1 Å². The Morgan fingerprint density at radius 1 is 0.905 bits per heavy atom. The van der Waals surface area contributed by atoms with Crippen molar-refractivity contribution in [1.82, 2.24) is 9.96 Å². The van der Waals surface area contributed by atoms with Gasteiger partial charge in [-0.2, -0.15) is 0 Å². The first-order valence-electron chi connectivity index (χ1n) is 13.8. The number of allylic oxidation sites excluding steroid dienone is 1. The van der Waals surface area contributed by atoms with Gasteiger partial charge in [-0.1, -0.05) is 0 Å². The zero-order valence-corrected chi connectivity index (χ0v) is 24.7. The topological polar surface area (TPSA) is 119 Å². The number of fused-ring (bicyclic) bond motifs is 2. The van der Waals surface area contributed by atoms with E-state index in [1.807, 2.05) is 104 Å². The summed E-state index contributed by atoms with van der Waals surface area (Å²) in [5.41, 5.74) is 6.40. The molecule has 1 aliphatic carbocycles. The van der Waals surface area contributed by atoms with Gasteiger partial charge in [0.1, 0.15) is 0 Å². The molecule has 2 atom stereocenters. The number of nitrogens with zero attached hydrogens (tertiary/aromatic N) is 2. The molecule has 3 aromatic carbocycles. The Bertz CT molecular complexity index is 1580. The quantitative estimate of drug-likeness (QED) is 0.279. The molecule has 2 aliphatic heterocycles. The number of nitrogens with two attached hydrogens (primary N) is 1. The van der Waals surface area contributed by atoms with Gasteiger partial charge in [-0.05, 0) is 0 Å². The molecule has 2 N–H and O–H groups in total. The van der Waals surface area contributed by atoms with Gasteiger partial charge >= 0.3 is 246 Å². The number of hydrogen-bond donors (Lipinski definition) is 1. The first-order chi connectivity index (χ1) is 20.2. The molecule has 1 saturated carbocycles. The van der Waals surface area contributed by atoms with Crippen LogP contribution in [-0.4, -0.2) is 48.9 Å². The molecule has 6 rings (SSSR count). The van der Waals surface area contributed by atoms with Crippen LogP contribution in [0.25, 0.3) is 0 Å². The van der Waals surface area contributed by atoms with Gasteiger partial charge < -0.3 is 0 Å². The van der Waals surface area contributed by atoms with Crippen molar-refractivity contribution in [2.45, 2.75) is 31.8 Å². The molecule has 0 aromatic heterocycles. The van der Waals surface area contributed by atoms with Gasteiger partial charge in [0.25, 0.3) is 0 Å². The molecule has 0 spiro atoms. The molecule has 0 radical (unpaired) electrons. The van der Waals surface area contributed by atoms with E-state index in [9.17, 15) is 18.0 Å². The molecular formula is C31H32N3O6PS. The van der Waals surface area contributed by atoms with E-state index in [2.05, 4.69) is 0 Å². The van der Waals surface area contributed by atoms with Crippen molar-refractivity contribution in [3.8, 4) is 0 Å². The fraction of sp³-hybridized carbons (Fsp3) is 0.226. The third kappa shape index (κ3) is 4.46. The minimum absolute atomic E-state index is 0.0960. The van der Waals surface area contributed by atoms with E-state index < -0.39 is 41.3 Å². The van der Waals surface area contributed by atoms with Crippen LogP contribution in [0.1, 0.15) is 19.8 Å². The number of carbonyl (C=O) groups is 2. The van der Waals surface area contributed by atoms with Crippen molar-refractivity contribution in [3.63, 3.8) is 0 Å². The Labute approximate surface area is 245 Å². The Balaban J connectivity index is 1.51. The second kappa shape index (κ2) is 10.5.